The molecule has 1 aliphatic carbocycles. The summed E-state index contributed by atoms with van der Waals surface area (Å²) in [6.07, 6.45) is 0. The van der Waals surface area contributed by atoms with Crippen LogP contribution in [0.15, 0.2) is 150 Å². The molecule has 1 heterocycles. The molecular weight excluding hydrogens is 520 g/mol. The van der Waals surface area contributed by atoms with Crippen LogP contribution in [0.25, 0.3) is 98.8 Å². The van der Waals surface area contributed by atoms with Crippen molar-refractivity contribution in [1.82, 2.24) is 0 Å². The molecular formula is C42H24O. The Bertz CT molecular complexity index is 2620. The molecule has 0 atom stereocenters. The van der Waals surface area contributed by atoms with Crippen molar-refractivity contribution < 1.29 is 4.42 Å². The lowest BCUT2D eigenvalue weighted by atomic mass is 9.94. The second kappa shape index (κ2) is 8.44. The molecule has 0 bridgehead atoms. The number of benzene rings is 8. The lowest BCUT2D eigenvalue weighted by Crippen LogP contribution is -1.83. The van der Waals surface area contributed by atoms with Crippen LogP contribution in [0.5, 0.6) is 0 Å². The monoisotopic (exact) mass is 544 g/mol. The lowest BCUT2D eigenvalue weighted by Gasteiger charge is -2.09. The molecule has 9 aromatic rings. The van der Waals surface area contributed by atoms with Crippen molar-refractivity contribution in [3.63, 3.8) is 0 Å². The molecule has 0 saturated heterocycles. The normalized spacial score (nSPS) is 12.2. The van der Waals surface area contributed by atoms with Crippen molar-refractivity contribution in [3.05, 3.63) is 146 Å². The van der Waals surface area contributed by atoms with E-state index in [2.05, 4.69) is 146 Å². The topological polar surface area (TPSA) is 13.1 Å². The van der Waals surface area contributed by atoms with E-state index in [0.717, 1.165) is 21.9 Å². The third kappa shape index (κ3) is 3.28. The molecule has 198 valence electrons. The molecule has 0 radical (unpaired) electrons. The Morgan fingerprint density at radius 3 is 1.65 bits per heavy atom. The van der Waals surface area contributed by atoms with Crippen LogP contribution in [0.4, 0.5) is 0 Å². The van der Waals surface area contributed by atoms with Gasteiger partial charge in [-0.2, -0.15) is 0 Å². The fourth-order valence-corrected chi connectivity index (χ4v) is 7.30. The Balaban J connectivity index is 1.14. The first-order valence-corrected chi connectivity index (χ1v) is 14.8. The zero-order chi connectivity index (χ0) is 28.1. The summed E-state index contributed by atoms with van der Waals surface area (Å²) in [7, 11) is 0. The van der Waals surface area contributed by atoms with Gasteiger partial charge < -0.3 is 4.42 Å². The van der Waals surface area contributed by atoms with E-state index in [4.69, 9.17) is 4.42 Å². The van der Waals surface area contributed by atoms with Gasteiger partial charge in [0.25, 0.3) is 0 Å². The largest absolute Gasteiger partial charge is 0.456 e. The van der Waals surface area contributed by atoms with Gasteiger partial charge in [-0.25, -0.2) is 0 Å². The van der Waals surface area contributed by atoms with E-state index in [1.165, 1.54) is 76.8 Å². The number of fused-ring (bicyclic) bond motifs is 9. The van der Waals surface area contributed by atoms with Crippen molar-refractivity contribution >= 4 is 54.3 Å². The predicted molar refractivity (Wildman–Crippen MR) is 182 cm³/mol. The van der Waals surface area contributed by atoms with E-state index >= 15 is 0 Å². The van der Waals surface area contributed by atoms with Gasteiger partial charge in [-0.3, -0.25) is 0 Å². The van der Waals surface area contributed by atoms with E-state index in [1.54, 1.807) is 0 Å². The summed E-state index contributed by atoms with van der Waals surface area (Å²) in [5, 5.41) is 10.0. The highest BCUT2D eigenvalue weighted by molar-refractivity contribution is 6.17. The molecule has 1 aliphatic rings. The molecule has 43 heavy (non-hydrogen) atoms. The maximum absolute atomic E-state index is 6.33. The lowest BCUT2D eigenvalue weighted by molar-refractivity contribution is 0.669. The van der Waals surface area contributed by atoms with E-state index < -0.39 is 0 Å². The van der Waals surface area contributed by atoms with Crippen LogP contribution in [0.2, 0.25) is 0 Å². The first kappa shape index (κ1) is 23.0. The van der Waals surface area contributed by atoms with Gasteiger partial charge in [-0.15, -0.1) is 0 Å². The fraction of sp³-hybridized carbons (Fsp3) is 0. The Morgan fingerprint density at radius 1 is 0.302 bits per heavy atom. The average molecular weight is 545 g/mol. The molecule has 0 spiro atoms. The molecule has 0 amide bonds. The molecule has 1 aromatic heterocycles. The van der Waals surface area contributed by atoms with Crippen molar-refractivity contribution in [1.29, 1.82) is 0 Å². The van der Waals surface area contributed by atoms with Gasteiger partial charge >= 0.3 is 0 Å². The summed E-state index contributed by atoms with van der Waals surface area (Å²) in [6.45, 7) is 0. The highest BCUT2D eigenvalue weighted by atomic mass is 16.3. The zero-order valence-electron chi connectivity index (χ0n) is 23.3. The molecule has 1 nitrogen and oxygen atoms in total. The van der Waals surface area contributed by atoms with E-state index in [9.17, 15) is 0 Å². The highest BCUT2D eigenvalue weighted by Gasteiger charge is 2.22. The van der Waals surface area contributed by atoms with Gasteiger partial charge in [0.15, 0.2) is 0 Å². The predicted octanol–water partition coefficient (Wildman–Crippen LogP) is 12.0. The van der Waals surface area contributed by atoms with Gasteiger partial charge in [-0.05, 0) is 119 Å². The quantitative estimate of drug-likeness (QED) is 0.197. The summed E-state index contributed by atoms with van der Waals surface area (Å²) in [6, 6.07) is 53.2. The summed E-state index contributed by atoms with van der Waals surface area (Å²) < 4.78 is 6.33. The van der Waals surface area contributed by atoms with Gasteiger partial charge in [0.05, 0.1) is 0 Å². The third-order valence-corrected chi connectivity index (χ3v) is 9.37. The summed E-state index contributed by atoms with van der Waals surface area (Å²) in [4.78, 5) is 0. The molecule has 10 rings (SSSR count). The second-order valence-electron chi connectivity index (χ2n) is 11.7. The second-order valence-corrected chi connectivity index (χ2v) is 11.7. The number of hydrogen-bond donors (Lipinski definition) is 0. The van der Waals surface area contributed by atoms with Crippen molar-refractivity contribution in [2.24, 2.45) is 0 Å². The maximum Gasteiger partial charge on any atom is 0.135 e. The summed E-state index contributed by atoms with van der Waals surface area (Å²) in [5.41, 5.74) is 12.0. The smallest absolute Gasteiger partial charge is 0.135 e. The Kier molecular flexibility index (Phi) is 4.51. The Hall–Kier alpha value is -5.66. The first-order valence-electron chi connectivity index (χ1n) is 14.8. The number of furan rings is 1. The highest BCUT2D eigenvalue weighted by Crippen LogP contribution is 2.48. The summed E-state index contributed by atoms with van der Waals surface area (Å²) >= 11 is 0. The zero-order valence-corrected chi connectivity index (χ0v) is 23.3. The van der Waals surface area contributed by atoms with Crippen LogP contribution < -0.4 is 0 Å². The van der Waals surface area contributed by atoms with Gasteiger partial charge in [0.1, 0.15) is 11.2 Å². The van der Waals surface area contributed by atoms with Crippen LogP contribution >= 0.6 is 0 Å². The molecule has 0 unspecified atom stereocenters. The number of hydrogen-bond acceptors (Lipinski definition) is 1. The SMILES string of the molecule is c1ccc2c(c1)-c1cccc3cc(-c4ccc5oc6ccc(-c7ccc8ccc9ccccc9c8c7)cc6c5c4)cc-2c13. The van der Waals surface area contributed by atoms with Crippen molar-refractivity contribution in [2.45, 2.75) is 0 Å². The Morgan fingerprint density at radius 2 is 0.860 bits per heavy atom. The first-order chi connectivity index (χ1) is 21.3. The molecule has 1 heteroatoms. The van der Waals surface area contributed by atoms with Gasteiger partial charge in [-0.1, -0.05) is 103 Å². The summed E-state index contributed by atoms with van der Waals surface area (Å²) in [5.74, 6) is 0. The molecule has 8 aromatic carbocycles. The van der Waals surface area contributed by atoms with Crippen molar-refractivity contribution in [3.8, 4) is 44.5 Å². The average Bonchev–Trinajstić information content (AvgIpc) is 3.60. The molecule has 0 aliphatic heterocycles. The van der Waals surface area contributed by atoms with E-state index in [1.807, 2.05) is 0 Å². The van der Waals surface area contributed by atoms with Crippen LogP contribution in [0.1, 0.15) is 0 Å². The third-order valence-electron chi connectivity index (χ3n) is 9.37. The van der Waals surface area contributed by atoms with E-state index in [-0.39, 0.29) is 0 Å². The molecule has 0 fully saturated rings. The number of rotatable bonds is 2. The van der Waals surface area contributed by atoms with Crippen LogP contribution in [0, 0.1) is 0 Å². The van der Waals surface area contributed by atoms with Crippen LogP contribution in [-0.4, -0.2) is 0 Å². The van der Waals surface area contributed by atoms with Crippen LogP contribution in [-0.2, 0) is 0 Å². The molecule has 0 saturated carbocycles. The molecule has 0 N–H and O–H groups in total. The minimum absolute atomic E-state index is 0.915. The van der Waals surface area contributed by atoms with Crippen LogP contribution in [0.3, 0.4) is 0 Å². The van der Waals surface area contributed by atoms with Gasteiger partial charge in [0, 0.05) is 10.8 Å². The maximum atomic E-state index is 6.33. The fourth-order valence-electron chi connectivity index (χ4n) is 7.30. The Labute approximate surface area is 248 Å². The van der Waals surface area contributed by atoms with Gasteiger partial charge in [0.2, 0.25) is 0 Å². The van der Waals surface area contributed by atoms with E-state index in [0.29, 0.717) is 0 Å². The standard InChI is InChI=1S/C42H24O/c1-2-8-32-25(6-1)12-13-26-14-15-27(21-36(26)32)28-16-18-40-37(22-28)38-23-29(17-19-41(38)43-40)31-20-30-7-5-11-35-33-9-3-4-10-34(33)39(24-31)42(30)35/h1-24H. The minimum Gasteiger partial charge on any atom is -0.456 e. The minimum atomic E-state index is 0.915. The van der Waals surface area contributed by atoms with Crippen molar-refractivity contribution in [2.75, 3.05) is 0 Å².